The molecule has 5 aliphatic rings. The number of aromatic amines is 2. The van der Waals surface area contributed by atoms with E-state index in [0.29, 0.717) is 84.6 Å². The smallest absolute Gasteiger partial charge is 0.407 e. The summed E-state index contributed by atoms with van der Waals surface area (Å²) in [4.78, 5) is 79.2. The van der Waals surface area contributed by atoms with Crippen LogP contribution in [0.3, 0.4) is 0 Å². The predicted octanol–water partition coefficient (Wildman–Crippen LogP) is 9.14. The van der Waals surface area contributed by atoms with E-state index in [-0.39, 0.29) is 47.9 Å². The van der Waals surface area contributed by atoms with E-state index in [1.54, 1.807) is 28.6 Å². The molecule has 0 spiro atoms. The number of ether oxygens (including phenoxy) is 4. The first kappa shape index (κ1) is 48.5. The van der Waals surface area contributed by atoms with Gasteiger partial charge in [0, 0.05) is 40.7 Å². The molecule has 384 valence electrons. The lowest BCUT2D eigenvalue weighted by Gasteiger charge is -2.38. The van der Waals surface area contributed by atoms with Crippen molar-refractivity contribution < 1.29 is 42.5 Å². The number of thiazole rings is 1. The van der Waals surface area contributed by atoms with E-state index >= 15 is 4.39 Å². The molecule has 11 rings (SSSR count). The van der Waals surface area contributed by atoms with Crippen LogP contribution in [0.2, 0.25) is 0 Å². The van der Waals surface area contributed by atoms with Crippen molar-refractivity contribution in [1.29, 1.82) is 0 Å². The third-order valence-corrected chi connectivity index (χ3v) is 16.4. The first-order valence-electron chi connectivity index (χ1n) is 25.4. The standard InChI is InChI=1S/C53H61FN10O8S/c1-26(2)44(60-52(67)69-5)49(65)62-15-7-9-38(62)47-56-24-36(59-47)31-20-34(54)43-40-21-32-19-30(13-14-37(32)64(40)51(72-41(43)22-31)48-57-25-42(73-48)29-11-12-29)35-23-55-46(58-35)39-10-8-16-63(39)50(66)45(61-53(68)70-6)33-17-27(3)71-28(4)18-33/h13-14,19-29,33,38-39,44-45,51H,7-12,15-18H2,1-6H3,(H,55,58)(H,56,59)(H,60,67)(H,61,68)/t27-,28+,33?,38-,39-,44-,45?,51?/m0/s1. The fourth-order valence-electron chi connectivity index (χ4n) is 11.5. The maximum atomic E-state index is 17.0. The largest absolute Gasteiger partial charge is 0.462 e. The van der Waals surface area contributed by atoms with Crippen LogP contribution in [0.5, 0.6) is 5.75 Å². The third-order valence-electron chi connectivity index (χ3n) is 15.2. The van der Waals surface area contributed by atoms with Crippen LogP contribution < -0.4 is 15.4 Å². The van der Waals surface area contributed by atoms with Gasteiger partial charge in [-0.2, -0.15) is 0 Å². The maximum absolute atomic E-state index is 17.0. The number of likely N-dealkylation sites (tertiary alicyclic amines) is 2. The number of fused-ring (bicyclic) bond motifs is 5. The molecule has 6 aromatic rings. The van der Waals surface area contributed by atoms with E-state index in [0.717, 1.165) is 52.9 Å². The van der Waals surface area contributed by atoms with Crippen molar-refractivity contribution in [3.05, 3.63) is 82.3 Å². The summed E-state index contributed by atoms with van der Waals surface area (Å²) in [7, 11) is 2.57. The summed E-state index contributed by atoms with van der Waals surface area (Å²) in [6.45, 7) is 8.76. The summed E-state index contributed by atoms with van der Waals surface area (Å²) in [6, 6.07) is 9.15. The molecule has 8 atom stereocenters. The molecule has 8 heterocycles. The van der Waals surface area contributed by atoms with Crippen molar-refractivity contribution in [2.24, 2.45) is 11.8 Å². The molecule has 1 aliphatic carbocycles. The molecule has 4 aliphatic heterocycles. The Morgan fingerprint density at radius 3 is 2.08 bits per heavy atom. The van der Waals surface area contributed by atoms with E-state index in [1.807, 2.05) is 67.6 Å². The molecule has 0 radical (unpaired) electrons. The number of hydrogen-bond acceptors (Lipinski definition) is 12. The van der Waals surface area contributed by atoms with Crippen molar-refractivity contribution in [2.75, 3.05) is 27.3 Å². The summed E-state index contributed by atoms with van der Waals surface area (Å²) in [5, 5.41) is 7.17. The van der Waals surface area contributed by atoms with Gasteiger partial charge in [-0.25, -0.2) is 28.9 Å². The minimum absolute atomic E-state index is 0.0524. The SMILES string of the molecule is COC(=O)NC(C(=O)N1CCC[C@H]1c1ncc(-c2ccc3c(c2)cc2n3C(c3ncc(C4CC4)s3)Oc3cc(-c4cnc([C@@H]5CCCN5C(=O)[C@@H](NC(=O)OC)C(C)C)[nH]4)cc(F)c3-2)[nH]1)C1C[C@@H](C)O[C@@H](C)C1. The highest BCUT2D eigenvalue weighted by Gasteiger charge is 2.43. The highest BCUT2D eigenvalue weighted by molar-refractivity contribution is 7.11. The molecule has 73 heavy (non-hydrogen) atoms. The monoisotopic (exact) mass is 1020 g/mol. The number of benzene rings is 2. The van der Waals surface area contributed by atoms with E-state index in [1.165, 1.54) is 25.2 Å². The van der Waals surface area contributed by atoms with Crippen LogP contribution in [-0.4, -0.2) is 115 Å². The Kier molecular flexibility index (Phi) is 13.0. The molecular formula is C53H61FN10O8S. The molecule has 4 N–H and O–H groups in total. The number of amides is 4. The fourth-order valence-corrected chi connectivity index (χ4v) is 12.6. The Bertz CT molecular complexity index is 3080. The number of imidazole rings is 2. The van der Waals surface area contributed by atoms with Crippen molar-refractivity contribution >= 4 is 46.2 Å². The molecule has 18 nitrogen and oxygen atoms in total. The average Bonchev–Trinajstić information content (AvgIpc) is 4.10. The summed E-state index contributed by atoms with van der Waals surface area (Å²) in [5.74, 6) is 0.915. The van der Waals surface area contributed by atoms with Crippen LogP contribution in [0, 0.1) is 17.7 Å². The highest BCUT2D eigenvalue weighted by Crippen LogP contribution is 2.50. The minimum Gasteiger partial charge on any atom is -0.462 e. The van der Waals surface area contributed by atoms with Crippen LogP contribution in [0.25, 0.3) is 44.7 Å². The van der Waals surface area contributed by atoms with Gasteiger partial charge in [0.15, 0.2) is 5.01 Å². The van der Waals surface area contributed by atoms with E-state index < -0.39 is 36.3 Å². The second-order valence-electron chi connectivity index (χ2n) is 20.6. The number of methoxy groups -OCH3 is 2. The Morgan fingerprint density at radius 2 is 1.44 bits per heavy atom. The van der Waals surface area contributed by atoms with Gasteiger partial charge in [0.25, 0.3) is 0 Å². The van der Waals surface area contributed by atoms with Crippen LogP contribution in [0.1, 0.15) is 125 Å². The Morgan fingerprint density at radius 1 is 0.795 bits per heavy atom. The number of nitrogens with one attached hydrogen (secondary N) is 4. The molecule has 1 saturated carbocycles. The second-order valence-corrected chi connectivity index (χ2v) is 21.6. The summed E-state index contributed by atoms with van der Waals surface area (Å²) in [5.41, 5.74) is 4.52. The molecule has 20 heteroatoms. The van der Waals surface area contributed by atoms with Gasteiger partial charge in [-0.15, -0.1) is 11.3 Å². The predicted molar refractivity (Wildman–Crippen MR) is 269 cm³/mol. The number of aromatic nitrogens is 6. The number of carbonyl (C=O) groups excluding carboxylic acids is 4. The van der Waals surface area contributed by atoms with Gasteiger partial charge in [-0.3, -0.25) is 14.2 Å². The average molecular weight is 1020 g/mol. The molecule has 3 unspecified atom stereocenters. The number of alkyl carbamates (subject to hydrolysis) is 2. The van der Waals surface area contributed by atoms with Crippen LogP contribution in [0.4, 0.5) is 14.0 Å². The van der Waals surface area contributed by atoms with Gasteiger partial charge >= 0.3 is 12.2 Å². The van der Waals surface area contributed by atoms with E-state index in [2.05, 4.69) is 26.7 Å². The lowest BCUT2D eigenvalue weighted by atomic mass is 9.85. The summed E-state index contributed by atoms with van der Waals surface area (Å²) in [6.07, 6.45) is 9.70. The van der Waals surface area contributed by atoms with Crippen LogP contribution >= 0.6 is 11.3 Å². The minimum atomic E-state index is -0.776. The number of nitrogens with zero attached hydrogens (tertiary/aromatic N) is 6. The van der Waals surface area contributed by atoms with Crippen LogP contribution in [-0.2, 0) is 23.8 Å². The Labute approximate surface area is 425 Å². The molecular weight excluding hydrogens is 956 g/mol. The number of halogens is 1. The number of rotatable bonds is 12. The molecule has 4 amide bonds. The van der Waals surface area contributed by atoms with E-state index in [9.17, 15) is 19.2 Å². The topological polar surface area (TPSA) is 211 Å². The highest BCUT2D eigenvalue weighted by atomic mass is 32.1. The Balaban J connectivity index is 0.893. The van der Waals surface area contributed by atoms with Crippen molar-refractivity contribution in [1.82, 2.24) is 49.9 Å². The number of H-pyrrole nitrogens is 2. The molecule has 4 fully saturated rings. The molecule has 3 saturated heterocycles. The lowest BCUT2D eigenvalue weighted by molar-refractivity contribution is -0.138. The number of hydrogen-bond donors (Lipinski definition) is 4. The molecule has 2 aromatic carbocycles. The summed E-state index contributed by atoms with van der Waals surface area (Å²) < 4.78 is 41.6. The first-order chi connectivity index (χ1) is 35.3. The Hall–Kier alpha value is -6.80. The third kappa shape index (κ3) is 9.21. The lowest BCUT2D eigenvalue weighted by Crippen LogP contribution is -2.54. The van der Waals surface area contributed by atoms with Crippen molar-refractivity contribution in [3.8, 4) is 39.5 Å². The maximum Gasteiger partial charge on any atom is 0.407 e. The van der Waals surface area contributed by atoms with Gasteiger partial charge in [-0.05, 0) is 113 Å². The summed E-state index contributed by atoms with van der Waals surface area (Å²) >= 11 is 1.62. The van der Waals surface area contributed by atoms with Gasteiger partial charge in [0.2, 0.25) is 18.0 Å². The zero-order chi connectivity index (χ0) is 50.8. The second kappa shape index (κ2) is 19.6. The zero-order valence-electron chi connectivity index (χ0n) is 41.8. The molecule has 0 bridgehead atoms. The first-order valence-corrected chi connectivity index (χ1v) is 26.3. The van der Waals surface area contributed by atoms with Crippen molar-refractivity contribution in [2.45, 2.75) is 128 Å². The van der Waals surface area contributed by atoms with Gasteiger partial charge in [0.05, 0.1) is 79.1 Å². The zero-order valence-corrected chi connectivity index (χ0v) is 42.6. The molecule has 4 aromatic heterocycles. The van der Waals surface area contributed by atoms with Gasteiger partial charge in [0.1, 0.15) is 35.3 Å². The fraction of sp³-hybridized carbons (Fsp3) is 0.491. The van der Waals surface area contributed by atoms with Gasteiger partial charge < -0.3 is 49.3 Å². The number of carbonyl (C=O) groups is 4. The van der Waals surface area contributed by atoms with Crippen LogP contribution in [0.15, 0.2) is 55.0 Å². The van der Waals surface area contributed by atoms with Gasteiger partial charge in [-0.1, -0.05) is 19.9 Å². The van der Waals surface area contributed by atoms with E-state index in [4.69, 9.17) is 33.9 Å². The quantitative estimate of drug-likeness (QED) is 0.0908. The van der Waals surface area contributed by atoms with Crippen molar-refractivity contribution in [3.63, 3.8) is 0 Å². The normalized spacial score (nSPS) is 23.5.